The first-order valence-electron chi connectivity index (χ1n) is 2.60. The molecule has 0 spiro atoms. The summed E-state index contributed by atoms with van der Waals surface area (Å²) in [6, 6.07) is 0. The highest BCUT2D eigenvalue weighted by molar-refractivity contribution is 4.55. The van der Waals surface area contributed by atoms with Crippen molar-refractivity contribution >= 4 is 0 Å². The van der Waals surface area contributed by atoms with E-state index in [9.17, 15) is 0 Å². The molecule has 1 nitrogen and oxygen atoms in total. The molecule has 1 N–H and O–H groups in total. The molecule has 0 amide bonds. The van der Waals surface area contributed by atoms with Gasteiger partial charge in [0.1, 0.15) is 0 Å². The lowest BCUT2D eigenvalue weighted by molar-refractivity contribution is 0.857. The Balaban J connectivity index is 2.18. The van der Waals surface area contributed by atoms with E-state index in [1.807, 2.05) is 0 Å². The van der Waals surface area contributed by atoms with Crippen molar-refractivity contribution in [2.75, 3.05) is 13.1 Å². The Morgan fingerprint density at radius 2 is 2.60 bits per heavy atom. The van der Waals surface area contributed by atoms with Gasteiger partial charge >= 0.3 is 0 Å². The van der Waals surface area contributed by atoms with Crippen molar-refractivity contribution in [2.45, 2.75) is 12.8 Å². The lowest BCUT2D eigenvalue weighted by Gasteiger charge is -1.76. The molecule has 0 aromatic carbocycles. The quantitative estimate of drug-likeness (QED) is 0.437. The maximum absolute atomic E-state index is 7.07. The van der Waals surface area contributed by atoms with E-state index in [0.717, 1.165) is 19.5 Å². The monoisotopic (exact) mass is 73.1 g/mol. The SMILES string of the molecule is [3H]C1CCNC1. The minimum atomic E-state index is 0.185. The van der Waals surface area contributed by atoms with E-state index in [0.29, 0.717) is 0 Å². The number of nitrogens with one attached hydrogen (secondary N) is 1. The van der Waals surface area contributed by atoms with Crippen molar-refractivity contribution < 1.29 is 1.37 Å². The molecule has 1 saturated heterocycles. The average Bonchev–Trinajstić information content (AvgIpc) is 1.86. The number of hydrogen-bond donors (Lipinski definition) is 1. The normalized spacial score (nSPS) is 41.6. The van der Waals surface area contributed by atoms with Crippen molar-refractivity contribution in [1.82, 2.24) is 5.32 Å². The molecule has 0 aliphatic carbocycles. The fourth-order valence-electron chi connectivity index (χ4n) is 0.510. The standard InChI is InChI=1S/C4H9N/c1-2-4-5-3-1/h5H,1-4H2/i1T. The van der Waals surface area contributed by atoms with Gasteiger partial charge in [-0.2, -0.15) is 0 Å². The van der Waals surface area contributed by atoms with Crippen LogP contribution in [0.2, 0.25) is 0 Å². The van der Waals surface area contributed by atoms with Gasteiger partial charge in [0.2, 0.25) is 0 Å². The Morgan fingerprint density at radius 1 is 1.60 bits per heavy atom. The third kappa shape index (κ3) is 0.618. The molecule has 30 valence electrons. The molecule has 1 aliphatic heterocycles. The van der Waals surface area contributed by atoms with E-state index in [2.05, 4.69) is 5.32 Å². The summed E-state index contributed by atoms with van der Waals surface area (Å²) in [4.78, 5) is 0. The van der Waals surface area contributed by atoms with Gasteiger partial charge in [-0.15, -0.1) is 0 Å². The summed E-state index contributed by atoms with van der Waals surface area (Å²) in [5.74, 6) is 0. The molecule has 0 bridgehead atoms. The minimum Gasteiger partial charge on any atom is -0.317 e. The van der Waals surface area contributed by atoms with Crippen LogP contribution in [-0.2, 0) is 0 Å². The van der Waals surface area contributed by atoms with Gasteiger partial charge in [0.15, 0.2) is 0 Å². The second-order valence-electron chi connectivity index (χ2n) is 1.28. The van der Waals surface area contributed by atoms with E-state index in [1.165, 1.54) is 0 Å². The largest absolute Gasteiger partial charge is 0.317 e. The zero-order valence-corrected chi connectivity index (χ0v) is 3.20. The first-order chi connectivity index (χ1) is 2.89. The van der Waals surface area contributed by atoms with Gasteiger partial charge in [0.05, 0.1) is 0 Å². The molecule has 0 aromatic rings. The first-order valence-corrected chi connectivity index (χ1v) is 2.02. The van der Waals surface area contributed by atoms with Crippen molar-refractivity contribution in [3.8, 4) is 0 Å². The topological polar surface area (TPSA) is 12.0 Å². The molecule has 1 fully saturated rings. The van der Waals surface area contributed by atoms with Crippen molar-refractivity contribution in [1.29, 1.82) is 0 Å². The summed E-state index contributed by atoms with van der Waals surface area (Å²) in [7, 11) is 0. The lowest BCUT2D eigenvalue weighted by atomic mass is 10.4. The highest BCUT2D eigenvalue weighted by Gasteiger charge is 1.93. The van der Waals surface area contributed by atoms with Gasteiger partial charge in [0, 0.05) is 1.37 Å². The van der Waals surface area contributed by atoms with E-state index in [-0.39, 0.29) is 6.40 Å². The summed E-state index contributed by atoms with van der Waals surface area (Å²) in [6.45, 7) is 1.95. The Labute approximate surface area is 33.8 Å². The summed E-state index contributed by atoms with van der Waals surface area (Å²) in [5, 5.41) is 3.08. The van der Waals surface area contributed by atoms with Crippen LogP contribution in [0.25, 0.3) is 0 Å². The van der Waals surface area contributed by atoms with Crippen molar-refractivity contribution in [2.24, 2.45) is 0 Å². The van der Waals surface area contributed by atoms with Crippen molar-refractivity contribution in [3.63, 3.8) is 0 Å². The van der Waals surface area contributed by atoms with E-state index in [4.69, 9.17) is 1.37 Å². The second kappa shape index (κ2) is 1.41. The maximum Gasteiger partial charge on any atom is 0.0280 e. The smallest absolute Gasteiger partial charge is 0.0280 e. The predicted octanol–water partition coefficient (Wildman–Crippen LogP) is 0.370. The van der Waals surface area contributed by atoms with E-state index < -0.39 is 0 Å². The van der Waals surface area contributed by atoms with Crippen molar-refractivity contribution in [3.05, 3.63) is 0 Å². The molecule has 1 unspecified atom stereocenters. The molecule has 1 heteroatoms. The fraction of sp³-hybridized carbons (Fsp3) is 1.00. The Bertz CT molecular complexity index is 40.8. The van der Waals surface area contributed by atoms with Gasteiger partial charge in [-0.05, 0) is 25.9 Å². The molecule has 0 aromatic heterocycles. The highest BCUT2D eigenvalue weighted by Crippen LogP contribution is 1.90. The van der Waals surface area contributed by atoms with Crippen LogP contribution in [0.4, 0.5) is 0 Å². The summed E-state index contributed by atoms with van der Waals surface area (Å²) in [6.07, 6.45) is 1.23. The Morgan fingerprint density at radius 3 is 2.80 bits per heavy atom. The molecule has 1 atom stereocenters. The number of rotatable bonds is 0. The van der Waals surface area contributed by atoms with Gasteiger partial charge in [0.25, 0.3) is 0 Å². The third-order valence-corrected chi connectivity index (χ3v) is 0.814. The zero-order valence-electron chi connectivity index (χ0n) is 4.20. The molecule has 1 rings (SSSR count). The Hall–Kier alpha value is -0.0400. The summed E-state index contributed by atoms with van der Waals surface area (Å²) >= 11 is 0. The summed E-state index contributed by atoms with van der Waals surface area (Å²) < 4.78 is 7.07. The predicted molar refractivity (Wildman–Crippen MR) is 22.1 cm³/mol. The minimum absolute atomic E-state index is 0.185. The number of hydrogen-bond acceptors (Lipinski definition) is 1. The van der Waals surface area contributed by atoms with Gasteiger partial charge in [-0.3, -0.25) is 0 Å². The van der Waals surface area contributed by atoms with E-state index >= 15 is 0 Å². The molecule has 1 heterocycles. The molecular weight excluding hydrogens is 62.1 g/mol. The van der Waals surface area contributed by atoms with E-state index in [1.54, 1.807) is 0 Å². The molecule has 1 aliphatic rings. The molecule has 5 heavy (non-hydrogen) atoms. The lowest BCUT2D eigenvalue weighted by Crippen LogP contribution is -2.03. The van der Waals surface area contributed by atoms with Gasteiger partial charge in [-0.25, -0.2) is 0 Å². The molecule has 0 radical (unpaired) electrons. The Kier molecular flexibility index (Phi) is 0.618. The van der Waals surface area contributed by atoms with Crippen LogP contribution in [0.5, 0.6) is 0 Å². The van der Waals surface area contributed by atoms with Gasteiger partial charge in [-0.1, -0.05) is 0 Å². The highest BCUT2D eigenvalue weighted by atomic mass is 14.9. The second-order valence-corrected chi connectivity index (χ2v) is 1.28. The summed E-state index contributed by atoms with van der Waals surface area (Å²) in [5.41, 5.74) is 0. The van der Waals surface area contributed by atoms with Gasteiger partial charge < -0.3 is 5.32 Å². The van der Waals surface area contributed by atoms with Crippen LogP contribution in [-0.4, -0.2) is 13.1 Å². The third-order valence-electron chi connectivity index (χ3n) is 0.814. The van der Waals surface area contributed by atoms with Crippen LogP contribution in [0.1, 0.15) is 14.2 Å². The fourth-order valence-corrected chi connectivity index (χ4v) is 0.510. The van der Waals surface area contributed by atoms with Crippen LogP contribution >= 0.6 is 0 Å². The maximum atomic E-state index is 7.07. The average molecular weight is 73.1 g/mol. The van der Waals surface area contributed by atoms with Crippen LogP contribution in [0.3, 0.4) is 0 Å². The van der Waals surface area contributed by atoms with Crippen LogP contribution in [0, 0.1) is 0 Å². The molecular formula is C4H9N. The first kappa shape index (κ1) is 2.19. The van der Waals surface area contributed by atoms with Crippen LogP contribution in [0.15, 0.2) is 0 Å². The van der Waals surface area contributed by atoms with Crippen LogP contribution < -0.4 is 5.32 Å². The zero-order chi connectivity index (χ0) is 4.41. The molecule has 0 saturated carbocycles.